The van der Waals surface area contributed by atoms with Crippen LogP contribution in [0.4, 0.5) is 0 Å². The lowest BCUT2D eigenvalue weighted by Crippen LogP contribution is -2.09. The Bertz CT molecular complexity index is 605. The van der Waals surface area contributed by atoms with E-state index >= 15 is 0 Å². The molecule has 0 aromatic heterocycles. The van der Waals surface area contributed by atoms with Gasteiger partial charge in [-0.1, -0.05) is 62.7 Å². The Hall–Kier alpha value is -2.29. The number of rotatable bonds is 8. The third kappa shape index (κ3) is 5.13. The van der Waals surface area contributed by atoms with Crippen LogP contribution in [0.1, 0.15) is 43.7 Å². The minimum atomic E-state index is -0.795. The molecule has 122 valence electrons. The first kappa shape index (κ1) is 17.1. The lowest BCUT2D eigenvalue weighted by molar-refractivity contribution is -0.137. The number of carboxylic acids is 1. The number of hydrogen-bond acceptors (Lipinski definition) is 2. The summed E-state index contributed by atoms with van der Waals surface area (Å²) >= 11 is 0. The zero-order valence-electron chi connectivity index (χ0n) is 13.7. The van der Waals surface area contributed by atoms with E-state index in [1.807, 2.05) is 54.6 Å². The second-order valence-electron chi connectivity index (χ2n) is 5.95. The summed E-state index contributed by atoms with van der Waals surface area (Å²) in [6, 6.07) is 17.5. The lowest BCUT2D eigenvalue weighted by Gasteiger charge is -2.17. The average molecular weight is 312 g/mol. The molecule has 0 fully saturated rings. The normalized spacial score (nSPS) is 13.3. The fourth-order valence-electron chi connectivity index (χ4n) is 2.44. The molecule has 0 heterocycles. The first-order valence-electron chi connectivity index (χ1n) is 8.09. The van der Waals surface area contributed by atoms with Gasteiger partial charge in [0.05, 0.1) is 13.0 Å². The van der Waals surface area contributed by atoms with Crippen LogP contribution in [0.5, 0.6) is 5.75 Å². The summed E-state index contributed by atoms with van der Waals surface area (Å²) in [7, 11) is 0. The van der Waals surface area contributed by atoms with Gasteiger partial charge in [0.25, 0.3) is 0 Å². The van der Waals surface area contributed by atoms with E-state index in [0.717, 1.165) is 23.3 Å². The van der Waals surface area contributed by atoms with Gasteiger partial charge in [0, 0.05) is 5.92 Å². The predicted molar refractivity (Wildman–Crippen MR) is 91.9 cm³/mol. The Morgan fingerprint density at radius 2 is 1.65 bits per heavy atom. The van der Waals surface area contributed by atoms with E-state index in [2.05, 4.69) is 13.8 Å². The van der Waals surface area contributed by atoms with Gasteiger partial charge < -0.3 is 9.84 Å². The molecule has 0 amide bonds. The highest BCUT2D eigenvalue weighted by atomic mass is 16.5. The van der Waals surface area contributed by atoms with E-state index in [4.69, 9.17) is 4.74 Å². The van der Waals surface area contributed by atoms with Crippen molar-refractivity contribution in [1.29, 1.82) is 0 Å². The molecule has 2 aromatic rings. The lowest BCUT2D eigenvalue weighted by atomic mass is 9.88. The van der Waals surface area contributed by atoms with Crippen molar-refractivity contribution in [2.45, 2.75) is 32.6 Å². The summed E-state index contributed by atoms with van der Waals surface area (Å²) in [5, 5.41) is 9.21. The molecule has 0 spiro atoms. The van der Waals surface area contributed by atoms with Crippen molar-refractivity contribution in [2.24, 2.45) is 5.92 Å². The molecular formula is C20H24O3. The van der Waals surface area contributed by atoms with Gasteiger partial charge in [-0.05, 0) is 29.2 Å². The highest BCUT2D eigenvalue weighted by Gasteiger charge is 2.17. The smallest absolute Gasteiger partial charge is 0.304 e. The van der Waals surface area contributed by atoms with Crippen LogP contribution < -0.4 is 4.74 Å². The molecule has 0 saturated heterocycles. The van der Waals surface area contributed by atoms with Gasteiger partial charge in [0.1, 0.15) is 5.75 Å². The molecule has 0 bridgehead atoms. The van der Waals surface area contributed by atoms with E-state index < -0.39 is 5.97 Å². The van der Waals surface area contributed by atoms with Gasteiger partial charge in [-0.15, -0.1) is 0 Å². The first-order chi connectivity index (χ1) is 11.1. The van der Waals surface area contributed by atoms with Gasteiger partial charge in [-0.2, -0.15) is 0 Å². The molecule has 2 rings (SSSR count). The Labute approximate surface area is 137 Å². The van der Waals surface area contributed by atoms with Crippen LogP contribution in [0, 0.1) is 5.92 Å². The average Bonchev–Trinajstić information content (AvgIpc) is 2.58. The van der Waals surface area contributed by atoms with Crippen LogP contribution in [-0.2, 0) is 4.79 Å². The molecule has 0 aliphatic rings. The van der Waals surface area contributed by atoms with Crippen LogP contribution in [0.2, 0.25) is 0 Å². The third-order valence-electron chi connectivity index (χ3n) is 4.09. The number of ether oxygens (including phenoxy) is 1. The van der Waals surface area contributed by atoms with Crippen LogP contribution in [-0.4, -0.2) is 17.7 Å². The van der Waals surface area contributed by atoms with E-state index in [9.17, 15) is 9.90 Å². The molecule has 0 saturated carbocycles. The summed E-state index contributed by atoms with van der Waals surface area (Å²) in [5.41, 5.74) is 2.01. The maximum atomic E-state index is 11.2. The summed E-state index contributed by atoms with van der Waals surface area (Å²) in [6.07, 6.45) is 1.17. The van der Waals surface area contributed by atoms with Gasteiger partial charge in [-0.3, -0.25) is 4.79 Å². The molecule has 3 nitrogen and oxygen atoms in total. The second-order valence-corrected chi connectivity index (χ2v) is 5.95. The number of aliphatic carboxylic acids is 1. The van der Waals surface area contributed by atoms with Crippen molar-refractivity contribution in [3.05, 3.63) is 65.7 Å². The molecule has 0 aliphatic heterocycles. The van der Waals surface area contributed by atoms with E-state index in [1.54, 1.807) is 0 Å². The topological polar surface area (TPSA) is 46.5 Å². The Kier molecular flexibility index (Phi) is 6.21. The SMILES string of the molecule is CC[C@H](C)COc1ccc(C(CC(=O)O)c2ccccc2)cc1. The van der Waals surface area contributed by atoms with Crippen molar-refractivity contribution < 1.29 is 14.6 Å². The summed E-state index contributed by atoms with van der Waals surface area (Å²) in [5.74, 6) is 0.420. The minimum absolute atomic E-state index is 0.0804. The van der Waals surface area contributed by atoms with Crippen molar-refractivity contribution in [2.75, 3.05) is 6.61 Å². The molecule has 2 aromatic carbocycles. The zero-order valence-corrected chi connectivity index (χ0v) is 13.7. The van der Waals surface area contributed by atoms with Crippen molar-refractivity contribution >= 4 is 5.97 Å². The van der Waals surface area contributed by atoms with Crippen LogP contribution >= 0.6 is 0 Å². The molecule has 1 unspecified atom stereocenters. The molecule has 0 aliphatic carbocycles. The Morgan fingerprint density at radius 1 is 1.04 bits per heavy atom. The first-order valence-corrected chi connectivity index (χ1v) is 8.09. The minimum Gasteiger partial charge on any atom is -0.493 e. The fraction of sp³-hybridized carbons (Fsp3) is 0.350. The fourth-order valence-corrected chi connectivity index (χ4v) is 2.44. The van der Waals surface area contributed by atoms with Crippen molar-refractivity contribution in [1.82, 2.24) is 0 Å². The summed E-state index contributed by atoms with van der Waals surface area (Å²) in [4.78, 5) is 11.2. The van der Waals surface area contributed by atoms with Gasteiger partial charge in [-0.25, -0.2) is 0 Å². The van der Waals surface area contributed by atoms with Crippen molar-refractivity contribution in [3.63, 3.8) is 0 Å². The second kappa shape index (κ2) is 8.37. The predicted octanol–water partition coefficient (Wildman–Crippen LogP) is 4.72. The highest BCUT2D eigenvalue weighted by molar-refractivity contribution is 5.69. The quantitative estimate of drug-likeness (QED) is 0.767. The summed E-state index contributed by atoms with van der Waals surface area (Å²) < 4.78 is 5.76. The number of carbonyl (C=O) groups is 1. The molecule has 2 atom stereocenters. The maximum Gasteiger partial charge on any atom is 0.304 e. The van der Waals surface area contributed by atoms with Crippen molar-refractivity contribution in [3.8, 4) is 5.75 Å². The van der Waals surface area contributed by atoms with Gasteiger partial charge >= 0.3 is 5.97 Å². The Morgan fingerprint density at radius 3 is 2.22 bits per heavy atom. The maximum absolute atomic E-state index is 11.2. The van der Waals surface area contributed by atoms with E-state index in [0.29, 0.717) is 12.5 Å². The monoisotopic (exact) mass is 312 g/mol. The molecule has 23 heavy (non-hydrogen) atoms. The molecular weight excluding hydrogens is 288 g/mol. The van der Waals surface area contributed by atoms with E-state index in [-0.39, 0.29) is 12.3 Å². The van der Waals surface area contributed by atoms with Crippen LogP contribution in [0.25, 0.3) is 0 Å². The third-order valence-corrected chi connectivity index (χ3v) is 4.09. The molecule has 1 N–H and O–H groups in total. The number of hydrogen-bond donors (Lipinski definition) is 1. The van der Waals surface area contributed by atoms with Crippen LogP contribution in [0.3, 0.4) is 0 Å². The standard InChI is InChI=1S/C20H24O3/c1-3-15(2)14-23-18-11-9-17(10-12-18)19(13-20(21)22)16-7-5-4-6-8-16/h4-12,15,19H,3,13-14H2,1-2H3,(H,21,22)/t15-,19?/m0/s1. The van der Waals surface area contributed by atoms with Gasteiger partial charge in [0.2, 0.25) is 0 Å². The van der Waals surface area contributed by atoms with Gasteiger partial charge in [0.15, 0.2) is 0 Å². The number of benzene rings is 2. The zero-order chi connectivity index (χ0) is 16.7. The highest BCUT2D eigenvalue weighted by Crippen LogP contribution is 2.29. The summed E-state index contributed by atoms with van der Waals surface area (Å²) in [6.45, 7) is 5.01. The Balaban J connectivity index is 2.14. The van der Waals surface area contributed by atoms with Crippen LogP contribution in [0.15, 0.2) is 54.6 Å². The molecule has 0 radical (unpaired) electrons. The van der Waals surface area contributed by atoms with E-state index in [1.165, 1.54) is 0 Å². The molecule has 3 heteroatoms. The largest absolute Gasteiger partial charge is 0.493 e. The number of carboxylic acid groups (broad SMARTS) is 1.